The zero-order chi connectivity index (χ0) is 11.9. The van der Waals surface area contributed by atoms with E-state index in [1.165, 1.54) is 19.3 Å². The number of rotatable bonds is 2. The number of ether oxygens (including phenoxy) is 1. The van der Waals surface area contributed by atoms with Crippen LogP contribution in [0.1, 0.15) is 32.1 Å². The van der Waals surface area contributed by atoms with E-state index in [1.807, 2.05) is 4.90 Å². The van der Waals surface area contributed by atoms with E-state index in [-0.39, 0.29) is 5.92 Å². The number of nitrogens with zero attached hydrogens (tertiary/aromatic N) is 1. The van der Waals surface area contributed by atoms with E-state index in [2.05, 4.69) is 0 Å². The maximum Gasteiger partial charge on any atom is 0.228 e. The molecule has 0 aromatic rings. The Morgan fingerprint density at radius 3 is 2.12 bits per heavy atom. The Labute approximate surface area is 103 Å². The van der Waals surface area contributed by atoms with E-state index in [0.29, 0.717) is 25.0 Å². The molecule has 2 atom stereocenters. The molecule has 2 heterocycles. The molecule has 2 N–H and O–H groups in total. The number of aliphatic hydroxyl groups is 2. The van der Waals surface area contributed by atoms with Crippen molar-refractivity contribution < 1.29 is 14.9 Å². The summed E-state index contributed by atoms with van der Waals surface area (Å²) in [5.74, 6) is -0.245. The third kappa shape index (κ3) is 2.12. The average molecular weight is 241 g/mol. The molecule has 2 unspecified atom stereocenters. The second kappa shape index (κ2) is 4.50. The summed E-state index contributed by atoms with van der Waals surface area (Å²) in [4.78, 5) is 1.91. The Kier molecular flexibility index (Phi) is 3.15. The lowest BCUT2D eigenvalue weighted by Gasteiger charge is -2.40. The normalized spacial score (nSPS) is 36.4. The predicted molar refractivity (Wildman–Crippen MR) is 63.1 cm³/mol. The first-order valence-electron chi connectivity index (χ1n) is 6.95. The van der Waals surface area contributed by atoms with Crippen LogP contribution in [-0.2, 0) is 4.74 Å². The highest BCUT2D eigenvalue weighted by atomic mass is 16.5. The summed E-state index contributed by atoms with van der Waals surface area (Å²) < 4.78 is 5.29. The molecular weight excluding hydrogens is 218 g/mol. The molecule has 1 saturated carbocycles. The van der Waals surface area contributed by atoms with Crippen LogP contribution in [0.3, 0.4) is 0 Å². The summed E-state index contributed by atoms with van der Waals surface area (Å²) in [5, 5.41) is 20.8. The molecule has 0 bridgehead atoms. The summed E-state index contributed by atoms with van der Waals surface area (Å²) in [6, 6.07) is 0. The van der Waals surface area contributed by atoms with Crippen LogP contribution in [0.15, 0.2) is 0 Å². The van der Waals surface area contributed by atoms with Crippen molar-refractivity contribution in [2.45, 2.75) is 38.0 Å². The van der Waals surface area contributed by atoms with Gasteiger partial charge in [0.25, 0.3) is 0 Å². The molecule has 0 spiro atoms. The van der Waals surface area contributed by atoms with E-state index < -0.39 is 5.91 Å². The molecule has 4 nitrogen and oxygen atoms in total. The Balaban J connectivity index is 1.66. The monoisotopic (exact) mass is 241 g/mol. The van der Waals surface area contributed by atoms with Gasteiger partial charge >= 0.3 is 0 Å². The minimum atomic E-state index is -1.60. The maximum atomic E-state index is 10.4. The fraction of sp³-hybridized carbons (Fsp3) is 1.00. The van der Waals surface area contributed by atoms with Gasteiger partial charge in [-0.1, -0.05) is 6.42 Å². The van der Waals surface area contributed by atoms with Gasteiger partial charge in [-0.3, -0.25) is 4.90 Å². The second-order valence-electron chi connectivity index (χ2n) is 5.93. The van der Waals surface area contributed by atoms with Gasteiger partial charge in [-0.25, -0.2) is 0 Å². The largest absolute Gasteiger partial charge is 0.381 e. The summed E-state index contributed by atoms with van der Waals surface area (Å²) in [6.45, 7) is 3.06. The molecule has 0 amide bonds. The van der Waals surface area contributed by atoms with Gasteiger partial charge in [0.2, 0.25) is 5.91 Å². The van der Waals surface area contributed by atoms with Crippen molar-refractivity contribution in [2.24, 2.45) is 17.8 Å². The zero-order valence-corrected chi connectivity index (χ0v) is 10.3. The van der Waals surface area contributed by atoms with Crippen LogP contribution >= 0.6 is 0 Å². The Morgan fingerprint density at radius 2 is 1.53 bits per heavy atom. The van der Waals surface area contributed by atoms with E-state index in [9.17, 15) is 10.2 Å². The smallest absolute Gasteiger partial charge is 0.228 e. The van der Waals surface area contributed by atoms with Gasteiger partial charge in [0.1, 0.15) is 0 Å². The SMILES string of the molecule is OC(O)(C1CCOCC1)N1CC2CCCC2C1. The van der Waals surface area contributed by atoms with Crippen molar-refractivity contribution in [3.63, 3.8) is 0 Å². The van der Waals surface area contributed by atoms with Gasteiger partial charge in [-0.2, -0.15) is 0 Å². The Morgan fingerprint density at radius 1 is 0.941 bits per heavy atom. The third-order valence-corrected chi connectivity index (χ3v) is 4.96. The molecule has 98 valence electrons. The second-order valence-corrected chi connectivity index (χ2v) is 5.93. The van der Waals surface area contributed by atoms with Crippen LogP contribution in [-0.4, -0.2) is 47.3 Å². The lowest BCUT2D eigenvalue weighted by atomic mass is 9.95. The quantitative estimate of drug-likeness (QED) is 0.702. The fourth-order valence-corrected chi connectivity index (χ4v) is 3.85. The number of fused-ring (bicyclic) bond motifs is 1. The van der Waals surface area contributed by atoms with Gasteiger partial charge in [-0.15, -0.1) is 0 Å². The van der Waals surface area contributed by atoms with Crippen molar-refractivity contribution in [3.8, 4) is 0 Å². The minimum Gasteiger partial charge on any atom is -0.381 e. The molecule has 2 aliphatic heterocycles. The van der Waals surface area contributed by atoms with Crippen molar-refractivity contribution in [1.29, 1.82) is 0 Å². The van der Waals surface area contributed by atoms with Gasteiger partial charge in [0.15, 0.2) is 0 Å². The minimum absolute atomic E-state index is 0.0462. The Bertz CT molecular complexity index is 264. The molecule has 17 heavy (non-hydrogen) atoms. The molecular formula is C13H23NO3. The molecule has 1 aliphatic carbocycles. The number of likely N-dealkylation sites (tertiary alicyclic amines) is 1. The summed E-state index contributed by atoms with van der Waals surface area (Å²) in [5.41, 5.74) is 0. The third-order valence-electron chi connectivity index (χ3n) is 4.96. The lowest BCUT2D eigenvalue weighted by molar-refractivity contribution is -0.301. The van der Waals surface area contributed by atoms with Crippen molar-refractivity contribution in [2.75, 3.05) is 26.3 Å². The zero-order valence-electron chi connectivity index (χ0n) is 10.3. The summed E-state index contributed by atoms with van der Waals surface area (Å²) in [7, 11) is 0. The molecule has 3 rings (SSSR count). The maximum absolute atomic E-state index is 10.4. The van der Waals surface area contributed by atoms with E-state index in [0.717, 1.165) is 25.9 Å². The number of hydrogen-bond acceptors (Lipinski definition) is 4. The molecule has 0 radical (unpaired) electrons. The molecule has 4 heteroatoms. The van der Waals surface area contributed by atoms with Gasteiger partial charge in [0, 0.05) is 32.2 Å². The first kappa shape index (κ1) is 11.9. The first-order chi connectivity index (χ1) is 8.18. The van der Waals surface area contributed by atoms with Gasteiger partial charge in [-0.05, 0) is 37.5 Å². The predicted octanol–water partition coefficient (Wildman–Crippen LogP) is 0.783. The van der Waals surface area contributed by atoms with Crippen LogP contribution in [0.4, 0.5) is 0 Å². The highest BCUT2D eigenvalue weighted by Crippen LogP contribution is 2.41. The molecule has 3 fully saturated rings. The van der Waals surface area contributed by atoms with E-state index in [4.69, 9.17) is 4.74 Å². The molecule has 3 aliphatic rings. The number of hydrogen-bond donors (Lipinski definition) is 2. The average Bonchev–Trinajstić information content (AvgIpc) is 2.90. The molecule has 0 aromatic carbocycles. The first-order valence-corrected chi connectivity index (χ1v) is 6.95. The molecule has 2 saturated heterocycles. The van der Waals surface area contributed by atoms with Crippen LogP contribution in [0, 0.1) is 17.8 Å². The summed E-state index contributed by atoms with van der Waals surface area (Å²) >= 11 is 0. The van der Waals surface area contributed by atoms with Crippen molar-refractivity contribution in [1.82, 2.24) is 4.90 Å². The van der Waals surface area contributed by atoms with Crippen LogP contribution < -0.4 is 0 Å². The molecule has 0 aromatic heterocycles. The Hall–Kier alpha value is -0.160. The highest BCUT2D eigenvalue weighted by Gasteiger charge is 2.48. The van der Waals surface area contributed by atoms with Crippen LogP contribution in [0.2, 0.25) is 0 Å². The lowest BCUT2D eigenvalue weighted by Crippen LogP contribution is -2.54. The van der Waals surface area contributed by atoms with Gasteiger partial charge in [0.05, 0.1) is 0 Å². The highest BCUT2D eigenvalue weighted by molar-refractivity contribution is 4.92. The van der Waals surface area contributed by atoms with E-state index >= 15 is 0 Å². The van der Waals surface area contributed by atoms with Crippen LogP contribution in [0.25, 0.3) is 0 Å². The standard InChI is InChI=1S/C13H23NO3/c15-13(16,12-4-6-17-7-5-12)14-8-10-2-1-3-11(10)9-14/h10-12,15-16H,1-9H2. The fourth-order valence-electron chi connectivity index (χ4n) is 3.85. The topological polar surface area (TPSA) is 52.9 Å². The van der Waals surface area contributed by atoms with Gasteiger partial charge < -0.3 is 14.9 Å². The van der Waals surface area contributed by atoms with Crippen LogP contribution in [0.5, 0.6) is 0 Å². The van der Waals surface area contributed by atoms with Crippen molar-refractivity contribution >= 4 is 0 Å². The summed E-state index contributed by atoms with van der Waals surface area (Å²) in [6.07, 6.45) is 5.39. The van der Waals surface area contributed by atoms with E-state index in [1.54, 1.807) is 0 Å². The van der Waals surface area contributed by atoms with Crippen molar-refractivity contribution in [3.05, 3.63) is 0 Å².